The van der Waals surface area contributed by atoms with E-state index in [2.05, 4.69) is 9.84 Å². The highest BCUT2D eigenvalue weighted by Gasteiger charge is 2.25. The van der Waals surface area contributed by atoms with Crippen molar-refractivity contribution in [1.29, 1.82) is 0 Å². The van der Waals surface area contributed by atoms with Gasteiger partial charge < -0.3 is 9.84 Å². The van der Waals surface area contributed by atoms with Crippen LogP contribution in [-0.2, 0) is 11.8 Å². The molecule has 0 aliphatic heterocycles. The number of anilines is 1. The van der Waals surface area contributed by atoms with Crippen molar-refractivity contribution < 1.29 is 14.3 Å². The van der Waals surface area contributed by atoms with Gasteiger partial charge in [-0.25, -0.2) is 4.79 Å². The molecule has 9 heteroatoms. The summed E-state index contributed by atoms with van der Waals surface area (Å²) in [6.07, 6.45) is 0.593. The molecule has 2 rings (SSSR count). The molecule has 0 saturated carbocycles. The van der Waals surface area contributed by atoms with Gasteiger partial charge in [0.05, 0.1) is 22.8 Å². The highest BCUT2D eigenvalue weighted by atomic mass is 35.5. The number of carbonyl (C=O) groups is 2. The smallest absolute Gasteiger partial charge is 0.413 e. The SMILES string of the molecule is COC(=O)N(C)c1c(Cl)ccc(C(=O)c2c[nH]n(C)c2=O)c1Cl. The number of nitrogens with one attached hydrogen (secondary N) is 1. The van der Waals surface area contributed by atoms with Crippen molar-refractivity contribution in [2.45, 2.75) is 0 Å². The summed E-state index contributed by atoms with van der Waals surface area (Å²) in [7, 11) is 4.10. The minimum Gasteiger partial charge on any atom is -0.452 e. The fourth-order valence-electron chi connectivity index (χ4n) is 2.02. The Morgan fingerprint density at radius 1 is 1.26 bits per heavy atom. The number of ketones is 1. The van der Waals surface area contributed by atoms with Gasteiger partial charge in [0.25, 0.3) is 5.56 Å². The zero-order valence-electron chi connectivity index (χ0n) is 12.5. The maximum absolute atomic E-state index is 12.5. The molecule has 1 heterocycles. The summed E-state index contributed by atoms with van der Waals surface area (Å²) >= 11 is 12.3. The molecule has 0 radical (unpaired) electrons. The first kappa shape index (κ1) is 17.1. The molecule has 0 unspecified atom stereocenters. The van der Waals surface area contributed by atoms with Gasteiger partial charge in [0, 0.05) is 25.9 Å². The molecule has 2 aromatic rings. The summed E-state index contributed by atoms with van der Waals surface area (Å²) in [6.45, 7) is 0. The summed E-state index contributed by atoms with van der Waals surface area (Å²) in [5.41, 5.74) is -0.371. The number of aryl methyl sites for hydroxylation is 1. The van der Waals surface area contributed by atoms with E-state index in [4.69, 9.17) is 23.2 Å². The predicted octanol–water partition coefficient (Wildman–Crippen LogP) is 2.45. The summed E-state index contributed by atoms with van der Waals surface area (Å²) < 4.78 is 5.78. The maximum Gasteiger partial charge on any atom is 0.413 e. The van der Waals surface area contributed by atoms with Gasteiger partial charge in [-0.2, -0.15) is 0 Å². The normalized spacial score (nSPS) is 10.5. The Balaban J connectivity index is 2.57. The van der Waals surface area contributed by atoms with Crippen molar-refractivity contribution in [3.8, 4) is 0 Å². The fraction of sp³-hybridized carbons (Fsp3) is 0.214. The second-order valence-corrected chi connectivity index (χ2v) is 5.45. The molecule has 0 saturated heterocycles. The zero-order valence-corrected chi connectivity index (χ0v) is 14.0. The van der Waals surface area contributed by atoms with Gasteiger partial charge >= 0.3 is 6.09 Å². The third-order valence-electron chi connectivity index (χ3n) is 3.28. The standard InChI is InChI=1S/C14H13Cl2N3O4/c1-18(14(22)23-3)11-9(15)5-4-7(10(11)16)12(20)8-6-17-19(2)13(8)21/h4-6,17H,1-3H3. The number of amides is 1. The topological polar surface area (TPSA) is 84.4 Å². The average Bonchev–Trinajstić information content (AvgIpc) is 2.85. The first-order valence-corrected chi connectivity index (χ1v) is 7.14. The maximum atomic E-state index is 12.5. The van der Waals surface area contributed by atoms with Crippen molar-refractivity contribution in [3.63, 3.8) is 0 Å². The molecule has 23 heavy (non-hydrogen) atoms. The number of halogens is 2. The molecular formula is C14H13Cl2N3O4. The molecule has 7 nitrogen and oxygen atoms in total. The van der Waals surface area contributed by atoms with Crippen molar-refractivity contribution in [3.05, 3.63) is 49.9 Å². The zero-order chi connectivity index (χ0) is 17.3. The van der Waals surface area contributed by atoms with Gasteiger partial charge in [0.1, 0.15) is 5.56 Å². The van der Waals surface area contributed by atoms with E-state index in [1.54, 1.807) is 0 Å². The van der Waals surface area contributed by atoms with E-state index in [-0.39, 0.29) is 26.9 Å². The summed E-state index contributed by atoms with van der Waals surface area (Å²) in [4.78, 5) is 37.2. The van der Waals surface area contributed by atoms with Crippen LogP contribution in [0.15, 0.2) is 23.1 Å². The highest BCUT2D eigenvalue weighted by molar-refractivity contribution is 6.42. The number of hydrogen-bond acceptors (Lipinski definition) is 4. The number of aromatic amines is 1. The number of ether oxygens (including phenoxy) is 1. The van der Waals surface area contributed by atoms with Crippen LogP contribution in [0.5, 0.6) is 0 Å². The quantitative estimate of drug-likeness (QED) is 0.855. The summed E-state index contributed by atoms with van der Waals surface area (Å²) in [5.74, 6) is -0.576. The van der Waals surface area contributed by atoms with Crippen LogP contribution in [0, 0.1) is 0 Å². The van der Waals surface area contributed by atoms with Crippen molar-refractivity contribution in [2.24, 2.45) is 7.05 Å². The lowest BCUT2D eigenvalue weighted by Gasteiger charge is -2.19. The van der Waals surface area contributed by atoms with Gasteiger partial charge in [0.15, 0.2) is 0 Å². The second-order valence-electron chi connectivity index (χ2n) is 4.67. The van der Waals surface area contributed by atoms with Crippen molar-refractivity contribution in [1.82, 2.24) is 9.78 Å². The monoisotopic (exact) mass is 357 g/mol. The number of nitrogens with zero attached hydrogens (tertiary/aromatic N) is 2. The molecule has 0 bridgehead atoms. The lowest BCUT2D eigenvalue weighted by molar-refractivity contribution is 0.103. The molecule has 0 atom stereocenters. The van der Waals surface area contributed by atoms with Gasteiger partial charge in [-0.05, 0) is 12.1 Å². The third kappa shape index (κ3) is 2.97. The first-order valence-electron chi connectivity index (χ1n) is 6.38. The lowest BCUT2D eigenvalue weighted by Crippen LogP contribution is -2.27. The van der Waals surface area contributed by atoms with Gasteiger partial charge in [-0.15, -0.1) is 0 Å². The summed E-state index contributed by atoms with van der Waals surface area (Å²) in [6, 6.07) is 2.82. The Labute approximate surface area is 141 Å². The first-order chi connectivity index (χ1) is 10.8. The Morgan fingerprint density at radius 3 is 2.43 bits per heavy atom. The Morgan fingerprint density at radius 2 is 1.91 bits per heavy atom. The van der Waals surface area contributed by atoms with Gasteiger partial charge in [-0.1, -0.05) is 23.2 Å². The molecule has 1 amide bonds. The second kappa shape index (κ2) is 6.47. The number of aromatic nitrogens is 2. The van der Waals surface area contributed by atoms with E-state index in [1.165, 1.54) is 44.2 Å². The number of H-pyrrole nitrogens is 1. The van der Waals surface area contributed by atoms with E-state index in [1.807, 2.05) is 0 Å². The van der Waals surface area contributed by atoms with Gasteiger partial charge in [0.2, 0.25) is 5.78 Å². The molecular weight excluding hydrogens is 345 g/mol. The fourth-order valence-corrected chi connectivity index (χ4v) is 2.73. The molecule has 0 spiro atoms. The minimum absolute atomic E-state index is 0.0429. The van der Waals surface area contributed by atoms with E-state index < -0.39 is 17.4 Å². The van der Waals surface area contributed by atoms with Crippen molar-refractivity contribution in [2.75, 3.05) is 19.1 Å². The molecule has 1 N–H and O–H groups in total. The van der Waals surface area contributed by atoms with Crippen LogP contribution in [-0.4, -0.2) is 35.8 Å². The lowest BCUT2D eigenvalue weighted by atomic mass is 10.1. The van der Waals surface area contributed by atoms with Crippen LogP contribution in [0.3, 0.4) is 0 Å². The molecule has 0 aliphatic rings. The molecule has 1 aromatic carbocycles. The molecule has 0 fully saturated rings. The number of benzene rings is 1. The van der Waals surface area contributed by atoms with Gasteiger partial charge in [-0.3, -0.25) is 19.2 Å². The van der Waals surface area contributed by atoms with E-state index in [9.17, 15) is 14.4 Å². The Bertz CT molecular complexity index is 841. The van der Waals surface area contributed by atoms with E-state index in [0.29, 0.717) is 0 Å². The third-order valence-corrected chi connectivity index (χ3v) is 3.97. The molecule has 0 aliphatic carbocycles. The van der Waals surface area contributed by atoms with Crippen LogP contribution >= 0.6 is 23.2 Å². The predicted molar refractivity (Wildman–Crippen MR) is 86.7 cm³/mol. The van der Waals surface area contributed by atoms with E-state index >= 15 is 0 Å². The van der Waals surface area contributed by atoms with E-state index in [0.717, 1.165) is 4.90 Å². The highest BCUT2D eigenvalue weighted by Crippen LogP contribution is 2.36. The summed E-state index contributed by atoms with van der Waals surface area (Å²) in [5, 5.41) is 2.74. The van der Waals surface area contributed by atoms with Crippen LogP contribution in [0.1, 0.15) is 15.9 Å². The largest absolute Gasteiger partial charge is 0.452 e. The van der Waals surface area contributed by atoms with Crippen LogP contribution in [0.4, 0.5) is 10.5 Å². The average molecular weight is 358 g/mol. The number of hydrogen-bond donors (Lipinski definition) is 1. The Kier molecular flexibility index (Phi) is 4.82. The number of rotatable bonds is 3. The number of carbonyl (C=O) groups excluding carboxylic acids is 2. The number of methoxy groups -OCH3 is 1. The van der Waals surface area contributed by atoms with Crippen LogP contribution < -0.4 is 10.5 Å². The van der Waals surface area contributed by atoms with Crippen LogP contribution in [0.25, 0.3) is 0 Å². The van der Waals surface area contributed by atoms with Crippen molar-refractivity contribution >= 4 is 40.8 Å². The molecule has 122 valence electrons. The minimum atomic E-state index is -0.698. The van der Waals surface area contributed by atoms with Crippen LogP contribution in [0.2, 0.25) is 10.0 Å². The Hall–Kier alpha value is -2.25. The molecule has 1 aromatic heterocycles.